The largest absolute Gasteiger partial charge is 0.493 e. The molecule has 1 aliphatic heterocycles. The number of carbonyl (C=O) groups is 2. The van der Waals surface area contributed by atoms with Gasteiger partial charge in [0.1, 0.15) is 0 Å². The summed E-state index contributed by atoms with van der Waals surface area (Å²) in [4.78, 5) is 26.2. The van der Waals surface area contributed by atoms with Crippen molar-refractivity contribution in [3.05, 3.63) is 53.1 Å². The van der Waals surface area contributed by atoms with E-state index in [2.05, 4.69) is 0 Å². The first-order valence-corrected chi connectivity index (χ1v) is 8.80. The summed E-state index contributed by atoms with van der Waals surface area (Å²) in [5, 5.41) is 0. The minimum Gasteiger partial charge on any atom is -0.493 e. The summed E-state index contributed by atoms with van der Waals surface area (Å²) in [6, 6.07) is 11.0. The van der Waals surface area contributed by atoms with Crippen molar-refractivity contribution in [1.29, 1.82) is 0 Å². The second-order valence-electron chi connectivity index (χ2n) is 6.28. The van der Waals surface area contributed by atoms with Crippen LogP contribution in [0.2, 0.25) is 0 Å². The van der Waals surface area contributed by atoms with E-state index in [1.807, 2.05) is 24.3 Å². The van der Waals surface area contributed by atoms with Gasteiger partial charge in [0.2, 0.25) is 5.91 Å². The van der Waals surface area contributed by atoms with Crippen LogP contribution in [0.4, 0.5) is 5.69 Å². The Balaban J connectivity index is 1.72. The van der Waals surface area contributed by atoms with Crippen molar-refractivity contribution in [1.82, 2.24) is 0 Å². The fourth-order valence-electron chi connectivity index (χ4n) is 3.43. The lowest BCUT2D eigenvalue weighted by molar-refractivity contribution is -0.118. The zero-order chi connectivity index (χ0) is 19.4. The van der Waals surface area contributed by atoms with Crippen LogP contribution < -0.4 is 14.4 Å². The van der Waals surface area contributed by atoms with Crippen LogP contribution in [0.15, 0.2) is 36.4 Å². The number of aryl methyl sites for hydroxylation is 1. The number of benzene rings is 2. The van der Waals surface area contributed by atoms with Crippen LogP contribution >= 0.6 is 0 Å². The second kappa shape index (κ2) is 8.12. The lowest BCUT2D eigenvalue weighted by Gasteiger charge is -2.18. The standard InChI is InChI=1S/C21H23NO5/c1-25-18-6-4-5-14(20(18)26-2)8-10-19(23)22-12-11-15-13-16(21(24)27-3)7-9-17(15)22/h4-7,9,13H,8,10-12H2,1-3H3. The number of rotatable bonds is 6. The maximum absolute atomic E-state index is 12.8. The fraction of sp³-hybridized carbons (Fsp3) is 0.333. The minimum atomic E-state index is -0.368. The van der Waals surface area contributed by atoms with Crippen molar-refractivity contribution in [2.24, 2.45) is 0 Å². The van der Waals surface area contributed by atoms with Crippen molar-refractivity contribution >= 4 is 17.6 Å². The number of hydrogen-bond donors (Lipinski definition) is 0. The van der Waals surface area contributed by atoms with Crippen molar-refractivity contribution in [2.75, 3.05) is 32.8 Å². The van der Waals surface area contributed by atoms with E-state index in [1.54, 1.807) is 31.3 Å². The van der Waals surface area contributed by atoms with E-state index in [1.165, 1.54) is 7.11 Å². The molecule has 2 aromatic rings. The highest BCUT2D eigenvalue weighted by molar-refractivity contribution is 5.97. The van der Waals surface area contributed by atoms with Crippen LogP contribution in [0.3, 0.4) is 0 Å². The van der Waals surface area contributed by atoms with Crippen molar-refractivity contribution in [3.63, 3.8) is 0 Å². The molecule has 1 aliphatic rings. The van der Waals surface area contributed by atoms with E-state index in [4.69, 9.17) is 14.2 Å². The number of nitrogens with zero attached hydrogens (tertiary/aromatic N) is 1. The Labute approximate surface area is 158 Å². The van der Waals surface area contributed by atoms with Gasteiger partial charge in [0.15, 0.2) is 11.5 Å². The molecule has 0 bridgehead atoms. The molecule has 6 nitrogen and oxygen atoms in total. The predicted molar refractivity (Wildman–Crippen MR) is 102 cm³/mol. The molecule has 1 amide bonds. The number of fused-ring (bicyclic) bond motifs is 1. The van der Waals surface area contributed by atoms with Gasteiger partial charge in [-0.25, -0.2) is 4.79 Å². The van der Waals surface area contributed by atoms with Gasteiger partial charge in [-0.05, 0) is 48.2 Å². The molecule has 142 valence electrons. The number of ether oxygens (including phenoxy) is 3. The van der Waals surface area contributed by atoms with Crippen LogP contribution in [-0.4, -0.2) is 39.8 Å². The molecule has 0 atom stereocenters. The fourth-order valence-corrected chi connectivity index (χ4v) is 3.43. The lowest BCUT2D eigenvalue weighted by atomic mass is 10.1. The van der Waals surface area contributed by atoms with Gasteiger partial charge >= 0.3 is 5.97 Å². The third-order valence-electron chi connectivity index (χ3n) is 4.79. The molecule has 0 N–H and O–H groups in total. The Morgan fingerprint density at radius 2 is 1.89 bits per heavy atom. The van der Waals surface area contributed by atoms with E-state index in [0.717, 1.165) is 23.2 Å². The molecule has 0 aliphatic carbocycles. The SMILES string of the molecule is COC(=O)c1ccc2c(c1)CCN2C(=O)CCc1cccc(OC)c1OC. The lowest BCUT2D eigenvalue weighted by Crippen LogP contribution is -2.29. The highest BCUT2D eigenvalue weighted by Crippen LogP contribution is 2.33. The molecule has 0 saturated carbocycles. The Morgan fingerprint density at radius 3 is 2.59 bits per heavy atom. The van der Waals surface area contributed by atoms with Crippen LogP contribution in [0.25, 0.3) is 0 Å². The number of hydrogen-bond acceptors (Lipinski definition) is 5. The van der Waals surface area contributed by atoms with Gasteiger partial charge in [-0.2, -0.15) is 0 Å². The highest BCUT2D eigenvalue weighted by Gasteiger charge is 2.25. The van der Waals surface area contributed by atoms with Crippen molar-refractivity contribution in [2.45, 2.75) is 19.3 Å². The first kappa shape index (κ1) is 18.8. The topological polar surface area (TPSA) is 65.1 Å². The van der Waals surface area contributed by atoms with Crippen LogP contribution in [0, 0.1) is 0 Å². The maximum Gasteiger partial charge on any atom is 0.337 e. The molecule has 0 spiro atoms. The summed E-state index contributed by atoms with van der Waals surface area (Å²) in [5.41, 5.74) is 3.30. The molecule has 0 radical (unpaired) electrons. The van der Waals surface area contributed by atoms with E-state index in [-0.39, 0.29) is 11.9 Å². The van der Waals surface area contributed by atoms with Gasteiger partial charge in [0, 0.05) is 18.7 Å². The highest BCUT2D eigenvalue weighted by atomic mass is 16.5. The molecule has 0 fully saturated rings. The molecule has 6 heteroatoms. The van der Waals surface area contributed by atoms with Gasteiger partial charge < -0.3 is 19.1 Å². The Morgan fingerprint density at radius 1 is 1.07 bits per heavy atom. The number of amides is 1. The molecule has 0 saturated heterocycles. The maximum atomic E-state index is 12.8. The third kappa shape index (κ3) is 3.74. The number of carbonyl (C=O) groups excluding carboxylic acids is 2. The monoisotopic (exact) mass is 369 g/mol. The summed E-state index contributed by atoms with van der Waals surface area (Å²) < 4.78 is 15.5. The van der Waals surface area contributed by atoms with Crippen LogP contribution in [0.5, 0.6) is 11.5 Å². The number of para-hydroxylation sites is 1. The summed E-state index contributed by atoms with van der Waals surface area (Å²) in [6.07, 6.45) is 1.65. The van der Waals surface area contributed by atoms with Gasteiger partial charge in [0.05, 0.1) is 26.9 Å². The summed E-state index contributed by atoms with van der Waals surface area (Å²) >= 11 is 0. The number of esters is 1. The third-order valence-corrected chi connectivity index (χ3v) is 4.79. The summed E-state index contributed by atoms with van der Waals surface area (Å²) in [6.45, 7) is 0.619. The quantitative estimate of drug-likeness (QED) is 0.733. The summed E-state index contributed by atoms with van der Waals surface area (Å²) in [7, 11) is 4.55. The van der Waals surface area contributed by atoms with Gasteiger partial charge in [-0.3, -0.25) is 4.79 Å². The molecule has 2 aromatic carbocycles. The van der Waals surface area contributed by atoms with Gasteiger partial charge in [-0.15, -0.1) is 0 Å². The Bertz CT molecular complexity index is 862. The summed E-state index contributed by atoms with van der Waals surface area (Å²) in [5.74, 6) is 0.999. The average Bonchev–Trinajstić information content (AvgIpc) is 3.14. The zero-order valence-electron chi connectivity index (χ0n) is 15.8. The molecule has 0 aromatic heterocycles. The second-order valence-corrected chi connectivity index (χ2v) is 6.28. The average molecular weight is 369 g/mol. The van der Waals surface area contributed by atoms with E-state index in [9.17, 15) is 9.59 Å². The molecular weight excluding hydrogens is 346 g/mol. The normalized spacial score (nSPS) is 12.5. The molecular formula is C21H23NO5. The molecule has 0 unspecified atom stereocenters. The van der Waals surface area contributed by atoms with E-state index in [0.29, 0.717) is 36.4 Å². The Kier molecular flexibility index (Phi) is 5.64. The predicted octanol–water partition coefficient (Wildman–Crippen LogP) is 3.01. The van der Waals surface area contributed by atoms with Crippen molar-refractivity contribution < 1.29 is 23.8 Å². The van der Waals surface area contributed by atoms with Crippen LogP contribution in [0.1, 0.15) is 27.9 Å². The first-order valence-electron chi connectivity index (χ1n) is 8.80. The zero-order valence-corrected chi connectivity index (χ0v) is 15.8. The van der Waals surface area contributed by atoms with Gasteiger partial charge in [0.25, 0.3) is 0 Å². The van der Waals surface area contributed by atoms with Gasteiger partial charge in [-0.1, -0.05) is 12.1 Å². The molecule has 3 rings (SSSR count). The smallest absolute Gasteiger partial charge is 0.337 e. The van der Waals surface area contributed by atoms with Crippen molar-refractivity contribution in [3.8, 4) is 11.5 Å². The van der Waals surface area contributed by atoms with E-state index < -0.39 is 0 Å². The molecule has 27 heavy (non-hydrogen) atoms. The Hall–Kier alpha value is -3.02. The number of anilines is 1. The molecule has 1 heterocycles. The number of methoxy groups -OCH3 is 3. The van der Waals surface area contributed by atoms with E-state index >= 15 is 0 Å². The first-order chi connectivity index (χ1) is 13.1. The van der Waals surface area contributed by atoms with Crippen LogP contribution in [-0.2, 0) is 22.4 Å². The minimum absolute atomic E-state index is 0.0458.